The summed E-state index contributed by atoms with van der Waals surface area (Å²) in [5, 5.41) is 8.81. The largest absolute Gasteiger partial charge is 0.326 e. The molecule has 0 spiro atoms. The minimum Gasteiger partial charge on any atom is -0.326 e. The predicted octanol–water partition coefficient (Wildman–Crippen LogP) is 3.44. The van der Waals surface area contributed by atoms with Gasteiger partial charge >= 0.3 is 0 Å². The standard InChI is InChI=1S/C21H19N7/c1-15-11-16(2)28-21(25-15)19(13-24-28)20-22-8-10-26(20)14-17-5-3-6-18(12-17)27-9-4-7-23-27/h3-13H,14H2,1-2H3. The minimum atomic E-state index is 0.701. The third kappa shape index (κ3) is 2.77. The van der Waals surface area contributed by atoms with Crippen molar-refractivity contribution in [2.24, 2.45) is 0 Å². The Balaban J connectivity index is 1.54. The van der Waals surface area contributed by atoms with E-state index in [0.29, 0.717) is 6.54 Å². The first kappa shape index (κ1) is 16.4. The summed E-state index contributed by atoms with van der Waals surface area (Å²) < 4.78 is 5.84. The van der Waals surface area contributed by atoms with Crippen molar-refractivity contribution in [3.8, 4) is 17.1 Å². The van der Waals surface area contributed by atoms with Gasteiger partial charge in [0.15, 0.2) is 5.65 Å². The number of aryl methyl sites for hydroxylation is 2. The molecular weight excluding hydrogens is 350 g/mol. The van der Waals surface area contributed by atoms with Crippen LogP contribution in [0.4, 0.5) is 0 Å². The Bertz CT molecular complexity index is 1260. The van der Waals surface area contributed by atoms with Crippen LogP contribution >= 0.6 is 0 Å². The fraction of sp³-hybridized carbons (Fsp3) is 0.143. The van der Waals surface area contributed by atoms with Gasteiger partial charge in [-0.25, -0.2) is 19.2 Å². The molecule has 0 bridgehead atoms. The van der Waals surface area contributed by atoms with Crippen molar-refractivity contribution < 1.29 is 0 Å². The third-order valence-corrected chi connectivity index (χ3v) is 4.77. The third-order valence-electron chi connectivity index (χ3n) is 4.77. The molecule has 0 atom stereocenters. The van der Waals surface area contributed by atoms with Gasteiger partial charge < -0.3 is 4.57 Å². The fourth-order valence-corrected chi connectivity index (χ4v) is 3.52. The highest BCUT2D eigenvalue weighted by Gasteiger charge is 2.15. The number of aromatic nitrogens is 7. The van der Waals surface area contributed by atoms with Crippen molar-refractivity contribution >= 4 is 5.65 Å². The average molecular weight is 369 g/mol. The Hall–Kier alpha value is -3.74. The van der Waals surface area contributed by atoms with E-state index in [1.807, 2.05) is 72.1 Å². The van der Waals surface area contributed by atoms with Gasteiger partial charge in [0, 0.05) is 42.7 Å². The monoisotopic (exact) mass is 369 g/mol. The van der Waals surface area contributed by atoms with Gasteiger partial charge in [-0.15, -0.1) is 0 Å². The fourth-order valence-electron chi connectivity index (χ4n) is 3.52. The zero-order valence-corrected chi connectivity index (χ0v) is 15.7. The van der Waals surface area contributed by atoms with E-state index in [9.17, 15) is 0 Å². The molecule has 138 valence electrons. The van der Waals surface area contributed by atoms with Crippen LogP contribution in [0.25, 0.3) is 22.7 Å². The average Bonchev–Trinajstić information content (AvgIpc) is 3.42. The molecule has 28 heavy (non-hydrogen) atoms. The Morgan fingerprint density at radius 1 is 0.964 bits per heavy atom. The second-order valence-electron chi connectivity index (χ2n) is 6.83. The summed E-state index contributed by atoms with van der Waals surface area (Å²) in [7, 11) is 0. The molecule has 5 aromatic rings. The predicted molar refractivity (Wildman–Crippen MR) is 106 cm³/mol. The summed E-state index contributed by atoms with van der Waals surface area (Å²) in [6.45, 7) is 4.73. The highest BCUT2D eigenvalue weighted by Crippen LogP contribution is 2.24. The number of hydrogen-bond donors (Lipinski definition) is 0. The van der Waals surface area contributed by atoms with Crippen molar-refractivity contribution in [2.45, 2.75) is 20.4 Å². The van der Waals surface area contributed by atoms with E-state index in [1.165, 1.54) is 5.56 Å². The quantitative estimate of drug-likeness (QED) is 0.487. The van der Waals surface area contributed by atoms with Crippen LogP contribution in [-0.4, -0.2) is 33.9 Å². The van der Waals surface area contributed by atoms with E-state index in [4.69, 9.17) is 0 Å². The van der Waals surface area contributed by atoms with Crippen LogP contribution in [0.1, 0.15) is 17.0 Å². The smallest absolute Gasteiger partial charge is 0.166 e. The van der Waals surface area contributed by atoms with E-state index in [0.717, 1.165) is 34.1 Å². The number of nitrogens with zero attached hydrogens (tertiary/aromatic N) is 7. The van der Waals surface area contributed by atoms with Crippen LogP contribution in [0.3, 0.4) is 0 Å². The number of rotatable bonds is 4. The first-order chi connectivity index (χ1) is 13.7. The maximum Gasteiger partial charge on any atom is 0.166 e. The van der Waals surface area contributed by atoms with Crippen molar-refractivity contribution in [3.63, 3.8) is 0 Å². The molecular formula is C21H19N7. The molecule has 7 heteroatoms. The van der Waals surface area contributed by atoms with E-state index >= 15 is 0 Å². The van der Waals surface area contributed by atoms with Crippen LogP contribution < -0.4 is 0 Å². The lowest BCUT2D eigenvalue weighted by atomic mass is 10.2. The Labute approximate surface area is 161 Å². The van der Waals surface area contributed by atoms with Gasteiger partial charge in [-0.2, -0.15) is 10.2 Å². The van der Waals surface area contributed by atoms with Crippen LogP contribution in [0.15, 0.2) is 67.4 Å². The number of imidazole rings is 1. The molecule has 1 aromatic carbocycles. The maximum atomic E-state index is 4.68. The van der Waals surface area contributed by atoms with Crippen LogP contribution in [-0.2, 0) is 6.54 Å². The lowest BCUT2D eigenvalue weighted by Gasteiger charge is -2.09. The molecule has 0 radical (unpaired) electrons. The molecule has 0 saturated heterocycles. The van der Waals surface area contributed by atoms with Gasteiger partial charge in [0.25, 0.3) is 0 Å². The van der Waals surface area contributed by atoms with E-state index in [-0.39, 0.29) is 0 Å². The minimum absolute atomic E-state index is 0.701. The van der Waals surface area contributed by atoms with Crippen molar-refractivity contribution in [3.05, 3.63) is 84.3 Å². The maximum absolute atomic E-state index is 4.68. The van der Waals surface area contributed by atoms with Crippen molar-refractivity contribution in [1.29, 1.82) is 0 Å². The second kappa shape index (κ2) is 6.45. The summed E-state index contributed by atoms with van der Waals surface area (Å²) >= 11 is 0. The van der Waals surface area contributed by atoms with Gasteiger partial charge in [0.1, 0.15) is 5.82 Å². The molecule has 5 rings (SSSR count). The zero-order valence-electron chi connectivity index (χ0n) is 15.7. The molecule has 0 aliphatic heterocycles. The summed E-state index contributed by atoms with van der Waals surface area (Å²) in [5.41, 5.74) is 5.99. The molecule has 4 heterocycles. The molecule has 0 saturated carbocycles. The second-order valence-corrected chi connectivity index (χ2v) is 6.83. The summed E-state index contributed by atoms with van der Waals surface area (Å²) in [4.78, 5) is 9.27. The van der Waals surface area contributed by atoms with Crippen molar-refractivity contribution in [2.75, 3.05) is 0 Å². The number of benzene rings is 1. The summed E-state index contributed by atoms with van der Waals surface area (Å²) in [5.74, 6) is 0.858. The first-order valence-electron chi connectivity index (χ1n) is 9.11. The van der Waals surface area contributed by atoms with Gasteiger partial charge in [-0.3, -0.25) is 0 Å². The highest BCUT2D eigenvalue weighted by atomic mass is 15.3. The van der Waals surface area contributed by atoms with Crippen LogP contribution in [0.5, 0.6) is 0 Å². The lowest BCUT2D eigenvalue weighted by molar-refractivity contribution is 0.802. The molecule has 0 fully saturated rings. The van der Waals surface area contributed by atoms with E-state index < -0.39 is 0 Å². The van der Waals surface area contributed by atoms with Gasteiger partial charge in [0.2, 0.25) is 0 Å². The first-order valence-corrected chi connectivity index (χ1v) is 9.11. The van der Waals surface area contributed by atoms with Crippen molar-refractivity contribution in [1.82, 2.24) is 33.9 Å². The summed E-state index contributed by atoms with van der Waals surface area (Å²) in [6.07, 6.45) is 9.37. The SMILES string of the molecule is Cc1cc(C)n2ncc(-c3nccn3Cc3cccc(-n4cccn4)c3)c2n1. The Morgan fingerprint density at radius 3 is 2.75 bits per heavy atom. The van der Waals surface area contributed by atoms with Gasteiger partial charge in [-0.1, -0.05) is 12.1 Å². The number of fused-ring (bicyclic) bond motifs is 1. The van der Waals surface area contributed by atoms with E-state index in [1.54, 1.807) is 6.20 Å². The molecule has 4 aromatic heterocycles. The number of hydrogen-bond acceptors (Lipinski definition) is 4. The van der Waals surface area contributed by atoms with Gasteiger partial charge in [0.05, 0.1) is 17.4 Å². The summed E-state index contributed by atoms with van der Waals surface area (Å²) in [6, 6.07) is 12.3. The molecule has 0 aliphatic rings. The normalized spacial score (nSPS) is 11.4. The zero-order chi connectivity index (χ0) is 19.1. The Morgan fingerprint density at radius 2 is 1.89 bits per heavy atom. The molecule has 0 aliphatic carbocycles. The molecule has 7 nitrogen and oxygen atoms in total. The van der Waals surface area contributed by atoms with Crippen LogP contribution in [0, 0.1) is 13.8 Å². The Kier molecular flexibility index (Phi) is 3.79. The highest BCUT2D eigenvalue weighted by molar-refractivity contribution is 5.72. The molecule has 0 amide bonds. The van der Waals surface area contributed by atoms with Gasteiger partial charge in [-0.05, 0) is 43.7 Å². The van der Waals surface area contributed by atoms with E-state index in [2.05, 4.69) is 36.9 Å². The lowest BCUT2D eigenvalue weighted by Crippen LogP contribution is -2.03. The molecule has 0 N–H and O–H groups in total. The molecule has 0 unspecified atom stereocenters. The topological polar surface area (TPSA) is 65.8 Å². The van der Waals surface area contributed by atoms with Crippen LogP contribution in [0.2, 0.25) is 0 Å².